The van der Waals surface area contributed by atoms with Crippen LogP contribution in [0.4, 0.5) is 5.69 Å². The molecule has 3 aromatic carbocycles. The first-order valence-electron chi connectivity index (χ1n) is 10.6. The Kier molecular flexibility index (Phi) is 7.49. The van der Waals surface area contributed by atoms with Gasteiger partial charge in [0.1, 0.15) is 0 Å². The minimum atomic E-state index is 0.121. The van der Waals surface area contributed by atoms with E-state index in [1.807, 2.05) is 47.4 Å². The normalized spacial score (nSPS) is 17.4. The van der Waals surface area contributed by atoms with Crippen molar-refractivity contribution in [2.45, 2.75) is 24.6 Å². The van der Waals surface area contributed by atoms with Gasteiger partial charge in [0.25, 0.3) is 0 Å². The van der Waals surface area contributed by atoms with Crippen LogP contribution in [0.5, 0.6) is 0 Å². The molecule has 1 aliphatic heterocycles. The van der Waals surface area contributed by atoms with Gasteiger partial charge in [0.2, 0.25) is 5.91 Å². The summed E-state index contributed by atoms with van der Waals surface area (Å²) >= 11 is 3.37. The van der Waals surface area contributed by atoms with Crippen LogP contribution in [-0.4, -0.2) is 33.5 Å². The summed E-state index contributed by atoms with van der Waals surface area (Å²) in [6.07, 6.45) is 0.929. The number of amides is 1. The van der Waals surface area contributed by atoms with Gasteiger partial charge >= 0.3 is 0 Å². The number of nitrogens with zero attached hydrogens (tertiary/aromatic N) is 2. The molecule has 1 saturated heterocycles. The van der Waals surface area contributed by atoms with E-state index in [1.165, 1.54) is 11.1 Å². The van der Waals surface area contributed by atoms with E-state index in [9.17, 15) is 4.79 Å². The van der Waals surface area contributed by atoms with Crippen LogP contribution in [0.1, 0.15) is 29.7 Å². The molecule has 0 spiro atoms. The Morgan fingerprint density at radius 2 is 1.52 bits per heavy atom. The Hall–Kier alpha value is -2.50. The molecule has 1 aliphatic rings. The third kappa shape index (κ3) is 5.41. The van der Waals surface area contributed by atoms with Crippen molar-refractivity contribution in [2.75, 3.05) is 11.5 Å². The van der Waals surface area contributed by atoms with Gasteiger partial charge in [-0.2, -0.15) is 0 Å². The number of para-hydroxylation sites is 1. The fourth-order valence-electron chi connectivity index (χ4n) is 3.65. The van der Waals surface area contributed by atoms with Gasteiger partial charge in [-0.05, 0) is 29.7 Å². The quantitative estimate of drug-likeness (QED) is 0.412. The molecule has 3 nitrogen and oxygen atoms in total. The molecule has 1 fully saturated rings. The van der Waals surface area contributed by atoms with Gasteiger partial charge < -0.3 is 0 Å². The number of rotatable bonds is 7. The largest absolute Gasteiger partial charge is 0.287 e. The maximum atomic E-state index is 13.4. The van der Waals surface area contributed by atoms with Gasteiger partial charge in [0.05, 0.1) is 16.7 Å². The minimum Gasteiger partial charge on any atom is -0.287 e. The molecule has 0 saturated carbocycles. The SMILES string of the molecule is CCC1CSC(=Nc2ccccc2)N1C(=O)CSC(c1ccccc1)c1ccccc1. The van der Waals surface area contributed by atoms with E-state index in [0.717, 1.165) is 23.0 Å². The van der Waals surface area contributed by atoms with E-state index < -0.39 is 0 Å². The monoisotopic (exact) mass is 446 g/mol. The molecule has 1 amide bonds. The highest BCUT2D eigenvalue weighted by Gasteiger charge is 2.34. The van der Waals surface area contributed by atoms with Crippen molar-refractivity contribution in [3.05, 3.63) is 102 Å². The predicted octanol–water partition coefficient (Wildman–Crippen LogP) is 6.55. The van der Waals surface area contributed by atoms with Crippen molar-refractivity contribution in [2.24, 2.45) is 4.99 Å². The van der Waals surface area contributed by atoms with Crippen LogP contribution in [-0.2, 0) is 4.79 Å². The molecular formula is C26H26N2OS2. The zero-order valence-electron chi connectivity index (χ0n) is 17.6. The van der Waals surface area contributed by atoms with Crippen LogP contribution in [0.25, 0.3) is 0 Å². The first kappa shape index (κ1) is 21.7. The van der Waals surface area contributed by atoms with Crippen LogP contribution in [0.15, 0.2) is 96.0 Å². The molecule has 0 radical (unpaired) electrons. The number of carbonyl (C=O) groups excluding carboxylic acids is 1. The van der Waals surface area contributed by atoms with Gasteiger partial charge in [-0.1, -0.05) is 97.5 Å². The summed E-state index contributed by atoms with van der Waals surface area (Å²) in [4.78, 5) is 20.1. The molecule has 1 heterocycles. The maximum absolute atomic E-state index is 13.4. The van der Waals surface area contributed by atoms with E-state index >= 15 is 0 Å². The molecule has 31 heavy (non-hydrogen) atoms. The van der Waals surface area contributed by atoms with Gasteiger partial charge in [0, 0.05) is 11.8 Å². The Balaban J connectivity index is 1.54. The van der Waals surface area contributed by atoms with Crippen molar-refractivity contribution < 1.29 is 4.79 Å². The Bertz CT molecular complexity index is 970. The second-order valence-electron chi connectivity index (χ2n) is 7.38. The topological polar surface area (TPSA) is 32.7 Å². The summed E-state index contributed by atoms with van der Waals surface area (Å²) in [6, 6.07) is 30.9. The first-order chi connectivity index (χ1) is 15.3. The van der Waals surface area contributed by atoms with E-state index in [-0.39, 0.29) is 17.2 Å². The molecule has 1 atom stereocenters. The summed E-state index contributed by atoms with van der Waals surface area (Å²) in [5, 5.41) is 0.941. The van der Waals surface area contributed by atoms with Crippen molar-refractivity contribution in [1.82, 2.24) is 4.90 Å². The van der Waals surface area contributed by atoms with E-state index in [4.69, 9.17) is 4.99 Å². The molecule has 5 heteroatoms. The summed E-state index contributed by atoms with van der Waals surface area (Å²) < 4.78 is 0. The lowest BCUT2D eigenvalue weighted by molar-refractivity contribution is -0.125. The first-order valence-corrected chi connectivity index (χ1v) is 12.6. The van der Waals surface area contributed by atoms with Crippen molar-refractivity contribution in [3.8, 4) is 0 Å². The third-order valence-corrected chi connectivity index (χ3v) is 7.66. The molecule has 0 bridgehead atoms. The van der Waals surface area contributed by atoms with Crippen molar-refractivity contribution >= 4 is 40.3 Å². The lowest BCUT2D eigenvalue weighted by Crippen LogP contribution is -2.40. The number of amidine groups is 1. The lowest BCUT2D eigenvalue weighted by atomic mass is 10.0. The minimum absolute atomic E-state index is 0.121. The van der Waals surface area contributed by atoms with Gasteiger partial charge in [0.15, 0.2) is 5.17 Å². The van der Waals surface area contributed by atoms with E-state index in [0.29, 0.717) is 5.75 Å². The Labute approximate surface area is 193 Å². The highest BCUT2D eigenvalue weighted by Crippen LogP contribution is 2.37. The van der Waals surface area contributed by atoms with Crippen LogP contribution in [0.3, 0.4) is 0 Å². The molecule has 0 aromatic heterocycles. The predicted molar refractivity (Wildman–Crippen MR) is 134 cm³/mol. The van der Waals surface area contributed by atoms with Crippen LogP contribution in [0, 0.1) is 0 Å². The Morgan fingerprint density at radius 1 is 0.968 bits per heavy atom. The lowest BCUT2D eigenvalue weighted by Gasteiger charge is -2.24. The molecule has 0 N–H and O–H groups in total. The molecule has 3 aromatic rings. The number of hydrogen-bond acceptors (Lipinski definition) is 4. The third-order valence-electron chi connectivity index (χ3n) is 5.28. The number of hydrogen-bond donors (Lipinski definition) is 0. The number of aliphatic imine (C=N–C) groups is 1. The fourth-order valence-corrected chi connectivity index (χ4v) is 6.08. The zero-order valence-corrected chi connectivity index (χ0v) is 19.2. The highest BCUT2D eigenvalue weighted by atomic mass is 32.2. The maximum Gasteiger partial charge on any atom is 0.238 e. The molecule has 0 aliphatic carbocycles. The van der Waals surface area contributed by atoms with Crippen LogP contribution >= 0.6 is 23.5 Å². The van der Waals surface area contributed by atoms with Crippen LogP contribution in [0.2, 0.25) is 0 Å². The average Bonchev–Trinajstić information content (AvgIpc) is 3.24. The van der Waals surface area contributed by atoms with E-state index in [1.54, 1.807) is 23.5 Å². The van der Waals surface area contributed by atoms with Gasteiger partial charge in [-0.25, -0.2) is 4.99 Å². The molecule has 158 valence electrons. The molecule has 4 rings (SSSR count). The van der Waals surface area contributed by atoms with Crippen molar-refractivity contribution in [1.29, 1.82) is 0 Å². The number of carbonyl (C=O) groups is 1. The van der Waals surface area contributed by atoms with Crippen LogP contribution < -0.4 is 0 Å². The number of thioether (sulfide) groups is 2. The van der Waals surface area contributed by atoms with E-state index in [2.05, 4.69) is 55.5 Å². The van der Waals surface area contributed by atoms with Crippen molar-refractivity contribution in [3.63, 3.8) is 0 Å². The molecular weight excluding hydrogens is 420 g/mol. The summed E-state index contributed by atoms with van der Waals surface area (Å²) in [5.41, 5.74) is 3.32. The molecule has 1 unspecified atom stereocenters. The van der Waals surface area contributed by atoms with Gasteiger partial charge in [-0.15, -0.1) is 11.8 Å². The summed E-state index contributed by atoms with van der Waals surface area (Å²) in [5.74, 6) is 1.45. The standard InChI is InChI=1S/C26H26N2OS2/c1-2-23-18-31-26(27-22-16-10-5-11-17-22)28(23)24(29)19-30-25(20-12-6-3-7-13-20)21-14-8-4-9-15-21/h3-17,23,25H,2,18-19H2,1H3. The average molecular weight is 447 g/mol. The highest BCUT2D eigenvalue weighted by molar-refractivity contribution is 8.14. The second-order valence-corrected chi connectivity index (χ2v) is 9.46. The van der Waals surface area contributed by atoms with Gasteiger partial charge in [-0.3, -0.25) is 9.69 Å². The Morgan fingerprint density at radius 3 is 2.06 bits per heavy atom. The summed E-state index contributed by atoms with van der Waals surface area (Å²) in [7, 11) is 0. The number of benzene rings is 3. The second kappa shape index (κ2) is 10.7. The summed E-state index contributed by atoms with van der Waals surface area (Å²) in [6.45, 7) is 2.14. The fraction of sp³-hybridized carbons (Fsp3) is 0.231. The smallest absolute Gasteiger partial charge is 0.238 e. The zero-order chi connectivity index (χ0) is 21.5.